The molecule has 2 amide bonds. The minimum absolute atomic E-state index is 0.128. The third kappa shape index (κ3) is 7.28. The molecule has 0 saturated carbocycles. The Morgan fingerprint density at radius 3 is 2.92 bits per heavy atom. The summed E-state index contributed by atoms with van der Waals surface area (Å²) < 4.78 is 16.3. The highest BCUT2D eigenvalue weighted by atomic mass is 35.5. The van der Waals surface area contributed by atoms with Crippen LogP contribution in [0.3, 0.4) is 0 Å². The maximum atomic E-state index is 12.4. The van der Waals surface area contributed by atoms with Crippen LogP contribution in [-0.2, 0) is 16.1 Å². The van der Waals surface area contributed by atoms with E-state index in [4.69, 9.17) is 25.8 Å². The standard InChI is InChI=1S/C28H33ClN4O7/c1-33(18-6-4-3-5-7-18)10-11-39-28(37)31-21-13-24(38-2)17(12-20(21)29)14-30-15-23(35)19-8-9-22(34)26-27(19)40-16-25(36)32-26/h8-9,12-13,18,23,30,34-35H,4,6-7,10-11,14-16H2,1-2H3,(H,31,37)(H,32,36)/t18?,23-/m0/s1. The van der Waals surface area contributed by atoms with Gasteiger partial charge in [0.15, 0.2) is 12.4 Å². The predicted molar refractivity (Wildman–Crippen MR) is 150 cm³/mol. The van der Waals surface area contributed by atoms with Crippen LogP contribution >= 0.6 is 11.6 Å². The zero-order valence-corrected chi connectivity index (χ0v) is 23.1. The summed E-state index contributed by atoms with van der Waals surface area (Å²) in [6, 6.07) is 6.56. The highest BCUT2D eigenvalue weighted by molar-refractivity contribution is 6.33. The molecule has 0 aromatic heterocycles. The van der Waals surface area contributed by atoms with Crippen molar-refractivity contribution in [2.24, 2.45) is 0 Å². The number of carbonyl (C=O) groups excluding carboxylic acids is 2. The Kier molecular flexibility index (Phi) is 9.95. The lowest BCUT2D eigenvalue weighted by Crippen LogP contribution is -2.35. The second kappa shape index (κ2) is 13.6. The molecule has 5 N–H and O–H groups in total. The van der Waals surface area contributed by atoms with Crippen LogP contribution in [0.1, 0.15) is 36.5 Å². The van der Waals surface area contributed by atoms with Gasteiger partial charge in [-0.25, -0.2) is 4.79 Å². The predicted octanol–water partition coefficient (Wildman–Crippen LogP) is 3.24. The Bertz CT molecular complexity index is 1310. The van der Waals surface area contributed by atoms with Crippen molar-refractivity contribution in [2.45, 2.75) is 38.0 Å². The lowest BCUT2D eigenvalue weighted by molar-refractivity contribution is -0.118. The van der Waals surface area contributed by atoms with Crippen molar-refractivity contribution in [3.05, 3.63) is 40.4 Å². The zero-order valence-electron chi connectivity index (χ0n) is 22.4. The Morgan fingerprint density at radius 1 is 1.35 bits per heavy atom. The number of methoxy groups -OCH3 is 1. The number of rotatable bonds is 11. The van der Waals surface area contributed by atoms with Gasteiger partial charge in [0.1, 0.15) is 23.8 Å². The first-order valence-electron chi connectivity index (χ1n) is 12.9. The molecular weight excluding hydrogens is 540 g/mol. The number of nitrogens with zero attached hydrogens (tertiary/aromatic N) is 1. The van der Waals surface area contributed by atoms with Gasteiger partial charge in [-0.15, -0.1) is 11.8 Å². The molecule has 2 atom stereocenters. The van der Waals surface area contributed by atoms with Crippen molar-refractivity contribution in [2.75, 3.05) is 51.1 Å². The number of likely N-dealkylation sites (N-methyl/N-ethyl adjacent to an activating group) is 1. The van der Waals surface area contributed by atoms with Gasteiger partial charge in [-0.1, -0.05) is 11.6 Å². The van der Waals surface area contributed by atoms with E-state index in [2.05, 4.69) is 32.7 Å². The van der Waals surface area contributed by atoms with Gasteiger partial charge < -0.3 is 35.1 Å². The SMILES string of the molecule is COc1cc(NC(=O)OCCN(C)C2CC#CCC2)c(Cl)cc1CNC[C@H](O)c1ccc(O)c2c1OCC(=O)N2. The van der Waals surface area contributed by atoms with Crippen LogP contribution in [-0.4, -0.2) is 73.6 Å². The van der Waals surface area contributed by atoms with Gasteiger partial charge in [-0.3, -0.25) is 15.0 Å². The Hall–Kier alpha value is -3.69. The van der Waals surface area contributed by atoms with Crippen molar-refractivity contribution in [1.29, 1.82) is 0 Å². The van der Waals surface area contributed by atoms with E-state index in [9.17, 15) is 19.8 Å². The maximum absolute atomic E-state index is 12.4. The van der Waals surface area contributed by atoms with Crippen LogP contribution in [0.5, 0.6) is 17.2 Å². The minimum Gasteiger partial charge on any atom is -0.506 e. The number of anilines is 2. The number of aromatic hydroxyl groups is 1. The van der Waals surface area contributed by atoms with Crippen LogP contribution in [0.4, 0.5) is 16.2 Å². The Balaban J connectivity index is 1.30. The first-order valence-corrected chi connectivity index (χ1v) is 13.3. The minimum atomic E-state index is -0.994. The molecule has 0 saturated heterocycles. The number of amides is 2. The van der Waals surface area contributed by atoms with E-state index in [1.807, 2.05) is 7.05 Å². The molecule has 2 aromatic rings. The maximum Gasteiger partial charge on any atom is 0.411 e. The van der Waals surface area contributed by atoms with Gasteiger partial charge in [0, 0.05) is 55.7 Å². The number of aliphatic hydroxyl groups excluding tert-OH is 1. The lowest BCUT2D eigenvalue weighted by Gasteiger charge is -2.27. The monoisotopic (exact) mass is 572 g/mol. The van der Waals surface area contributed by atoms with E-state index in [-0.39, 0.29) is 42.9 Å². The summed E-state index contributed by atoms with van der Waals surface area (Å²) in [7, 11) is 3.50. The molecule has 1 unspecified atom stereocenters. The van der Waals surface area contributed by atoms with Crippen LogP contribution < -0.4 is 25.4 Å². The number of hydrogen-bond acceptors (Lipinski definition) is 9. The van der Waals surface area contributed by atoms with Gasteiger partial charge in [0.2, 0.25) is 0 Å². The molecule has 0 spiro atoms. The zero-order chi connectivity index (χ0) is 28.6. The first kappa shape index (κ1) is 29.3. The fourth-order valence-corrected chi connectivity index (χ4v) is 4.75. The number of fused-ring (bicyclic) bond motifs is 1. The summed E-state index contributed by atoms with van der Waals surface area (Å²) in [5.41, 5.74) is 1.60. The molecule has 2 aromatic carbocycles. The van der Waals surface area contributed by atoms with E-state index in [0.717, 1.165) is 19.3 Å². The fourth-order valence-electron chi connectivity index (χ4n) is 4.52. The Labute approximate surface area is 237 Å². The number of benzene rings is 2. The molecule has 11 nitrogen and oxygen atoms in total. The third-order valence-electron chi connectivity index (χ3n) is 6.76. The average molecular weight is 573 g/mol. The van der Waals surface area contributed by atoms with Crippen molar-refractivity contribution in [3.8, 4) is 29.1 Å². The van der Waals surface area contributed by atoms with Gasteiger partial charge in [-0.05, 0) is 31.7 Å². The molecule has 1 heterocycles. The molecule has 0 radical (unpaired) electrons. The van der Waals surface area contributed by atoms with Crippen LogP contribution in [0.25, 0.3) is 0 Å². The molecule has 0 fully saturated rings. The van der Waals surface area contributed by atoms with E-state index in [0.29, 0.717) is 46.7 Å². The molecule has 1 aliphatic carbocycles. The summed E-state index contributed by atoms with van der Waals surface area (Å²) >= 11 is 6.43. The van der Waals surface area contributed by atoms with Crippen molar-refractivity contribution in [3.63, 3.8) is 0 Å². The quantitative estimate of drug-likeness (QED) is 0.203. The normalized spacial score (nSPS) is 16.6. The number of halogens is 1. The highest BCUT2D eigenvalue weighted by Crippen LogP contribution is 2.41. The van der Waals surface area contributed by atoms with E-state index < -0.39 is 12.2 Å². The van der Waals surface area contributed by atoms with Gasteiger partial charge in [-0.2, -0.15) is 0 Å². The summed E-state index contributed by atoms with van der Waals surface area (Å²) in [6.07, 6.45) is 1.11. The van der Waals surface area contributed by atoms with E-state index >= 15 is 0 Å². The van der Waals surface area contributed by atoms with Crippen LogP contribution in [0.2, 0.25) is 5.02 Å². The second-order valence-corrected chi connectivity index (χ2v) is 9.90. The molecule has 4 rings (SSSR count). The Morgan fingerprint density at radius 2 is 2.17 bits per heavy atom. The number of phenols is 1. The molecule has 40 heavy (non-hydrogen) atoms. The first-order chi connectivity index (χ1) is 19.3. The van der Waals surface area contributed by atoms with E-state index in [1.54, 1.807) is 12.1 Å². The van der Waals surface area contributed by atoms with Gasteiger partial charge in [0.25, 0.3) is 5.91 Å². The lowest BCUT2D eigenvalue weighted by atomic mass is 10.0. The van der Waals surface area contributed by atoms with Crippen molar-refractivity contribution < 1.29 is 34.0 Å². The molecule has 12 heteroatoms. The summed E-state index contributed by atoms with van der Waals surface area (Å²) in [6.45, 7) is 1.04. The number of carbonyl (C=O) groups is 2. The number of hydrogen-bond donors (Lipinski definition) is 5. The number of ether oxygens (including phenoxy) is 3. The highest BCUT2D eigenvalue weighted by Gasteiger charge is 2.25. The largest absolute Gasteiger partial charge is 0.506 e. The van der Waals surface area contributed by atoms with Gasteiger partial charge >= 0.3 is 6.09 Å². The molecule has 2 aliphatic rings. The molecule has 1 aliphatic heterocycles. The fraction of sp³-hybridized carbons (Fsp3) is 0.429. The summed E-state index contributed by atoms with van der Waals surface area (Å²) in [4.78, 5) is 26.1. The molecule has 214 valence electrons. The van der Waals surface area contributed by atoms with Crippen molar-refractivity contribution in [1.82, 2.24) is 10.2 Å². The number of nitrogens with one attached hydrogen (secondary N) is 3. The summed E-state index contributed by atoms with van der Waals surface area (Å²) in [5.74, 6) is 6.39. The second-order valence-electron chi connectivity index (χ2n) is 9.50. The van der Waals surface area contributed by atoms with Gasteiger partial charge in [0.05, 0.1) is 23.9 Å². The number of phenolic OH excluding ortho intramolecular Hbond substituents is 1. The molecule has 0 bridgehead atoms. The molecular formula is C28H33ClN4O7. The van der Waals surface area contributed by atoms with Crippen LogP contribution in [0.15, 0.2) is 24.3 Å². The number of aliphatic hydroxyl groups is 1. The van der Waals surface area contributed by atoms with Crippen LogP contribution in [0, 0.1) is 11.8 Å². The summed E-state index contributed by atoms with van der Waals surface area (Å²) in [5, 5.41) is 29.4. The smallest absolute Gasteiger partial charge is 0.411 e. The van der Waals surface area contributed by atoms with E-state index in [1.165, 1.54) is 19.2 Å². The van der Waals surface area contributed by atoms with Crippen molar-refractivity contribution >= 4 is 35.0 Å². The topological polar surface area (TPSA) is 142 Å². The third-order valence-corrected chi connectivity index (χ3v) is 7.08. The average Bonchev–Trinajstić information content (AvgIpc) is 2.95.